The fraction of sp³-hybridized carbons (Fsp3) is 0.535. The largest absolute Gasteiger partial charge is 0.496 e. The van der Waals surface area contributed by atoms with Gasteiger partial charge in [0.25, 0.3) is 11.5 Å². The number of likely N-dealkylation sites (tertiary alicyclic amines) is 2. The van der Waals surface area contributed by atoms with Crippen LogP contribution in [0.2, 0.25) is 0 Å². The Balaban J connectivity index is 0.771. The van der Waals surface area contributed by atoms with Crippen LogP contribution in [-0.2, 0) is 42.7 Å². The first-order chi connectivity index (χ1) is 27.0. The number of likely N-dealkylation sites (N-methyl/N-ethyl adjacent to an activating group) is 1. The van der Waals surface area contributed by atoms with Crippen molar-refractivity contribution in [1.29, 1.82) is 0 Å². The summed E-state index contributed by atoms with van der Waals surface area (Å²) in [5.74, 6) is 1.50. The summed E-state index contributed by atoms with van der Waals surface area (Å²) >= 11 is 0. The van der Waals surface area contributed by atoms with E-state index in [0.29, 0.717) is 29.9 Å². The monoisotopic (exact) mass is 763 g/mol. The van der Waals surface area contributed by atoms with Gasteiger partial charge in [-0.25, -0.2) is 0 Å². The molecular weight excluding hydrogens is 711 g/mol. The molecule has 2 aromatic carbocycles. The van der Waals surface area contributed by atoms with Crippen LogP contribution in [0.4, 0.5) is 5.69 Å². The summed E-state index contributed by atoms with van der Waals surface area (Å²) in [6.45, 7) is 10.2. The quantitative estimate of drug-likeness (QED) is 0.326. The number of pyridine rings is 1. The van der Waals surface area contributed by atoms with Gasteiger partial charge >= 0.3 is 0 Å². The van der Waals surface area contributed by atoms with E-state index in [4.69, 9.17) is 9.47 Å². The third-order valence-electron chi connectivity index (χ3n) is 13.5. The summed E-state index contributed by atoms with van der Waals surface area (Å²) in [4.78, 5) is 61.8. The van der Waals surface area contributed by atoms with Crippen LogP contribution in [-0.4, -0.2) is 122 Å². The molecule has 1 N–H and O–H groups in total. The van der Waals surface area contributed by atoms with Crippen molar-refractivity contribution in [1.82, 2.24) is 29.5 Å². The van der Waals surface area contributed by atoms with Gasteiger partial charge in [0.2, 0.25) is 11.8 Å². The molecule has 13 nitrogen and oxygen atoms in total. The van der Waals surface area contributed by atoms with Crippen molar-refractivity contribution in [2.45, 2.75) is 57.8 Å². The Morgan fingerprint density at radius 2 is 1.57 bits per heavy atom. The molecule has 6 aliphatic heterocycles. The predicted octanol–water partition coefficient (Wildman–Crippen LogP) is 2.85. The lowest BCUT2D eigenvalue weighted by atomic mass is 9.71. The predicted molar refractivity (Wildman–Crippen MR) is 212 cm³/mol. The minimum Gasteiger partial charge on any atom is -0.496 e. The van der Waals surface area contributed by atoms with Crippen molar-refractivity contribution in [3.63, 3.8) is 0 Å². The number of ether oxygens (including phenoxy) is 2. The first-order valence-electron chi connectivity index (χ1n) is 20.1. The Hall–Kier alpha value is -4.72. The van der Waals surface area contributed by atoms with E-state index in [1.807, 2.05) is 25.4 Å². The van der Waals surface area contributed by atoms with E-state index in [9.17, 15) is 19.2 Å². The van der Waals surface area contributed by atoms with Gasteiger partial charge in [0.15, 0.2) is 0 Å². The molecule has 9 rings (SSSR count). The maximum Gasteiger partial charge on any atom is 0.255 e. The Kier molecular flexibility index (Phi) is 9.45. The molecular formula is C43H53N7O6. The number of hydrogen-bond acceptors (Lipinski definition) is 10. The molecule has 3 amide bonds. The van der Waals surface area contributed by atoms with Crippen LogP contribution in [0.25, 0.3) is 11.1 Å². The number of amides is 3. The Labute approximate surface area is 328 Å². The second-order valence-corrected chi connectivity index (χ2v) is 17.2. The van der Waals surface area contributed by atoms with Crippen LogP contribution in [0.3, 0.4) is 0 Å². The zero-order valence-electron chi connectivity index (χ0n) is 33.1. The minimum atomic E-state index is -0.588. The Morgan fingerprint density at radius 3 is 2.27 bits per heavy atom. The van der Waals surface area contributed by atoms with Crippen molar-refractivity contribution >= 4 is 23.4 Å². The highest BCUT2D eigenvalue weighted by Crippen LogP contribution is 2.44. The maximum atomic E-state index is 13.4. The Morgan fingerprint density at radius 1 is 0.839 bits per heavy atom. The number of nitrogens with one attached hydrogen (secondary N) is 1. The summed E-state index contributed by atoms with van der Waals surface area (Å²) in [5.41, 5.74) is 8.24. The fourth-order valence-corrected chi connectivity index (χ4v) is 10.2. The number of piperidine rings is 2. The first kappa shape index (κ1) is 36.9. The van der Waals surface area contributed by atoms with Crippen LogP contribution in [0, 0.1) is 11.3 Å². The molecule has 0 radical (unpaired) electrons. The number of nitrogens with zero attached hydrogens (tertiary/aromatic N) is 6. The molecule has 0 bridgehead atoms. The van der Waals surface area contributed by atoms with Gasteiger partial charge in [-0.1, -0.05) is 6.07 Å². The van der Waals surface area contributed by atoms with E-state index >= 15 is 0 Å². The average Bonchev–Trinajstić information content (AvgIpc) is 3.49. The lowest BCUT2D eigenvalue weighted by molar-refractivity contribution is -0.136. The number of benzene rings is 2. The van der Waals surface area contributed by atoms with E-state index in [0.717, 1.165) is 122 Å². The maximum absolute atomic E-state index is 13.4. The molecule has 1 aromatic heterocycles. The summed E-state index contributed by atoms with van der Waals surface area (Å²) in [6, 6.07) is 9.78. The standard InChI is InChI=1S/C43H53N7O6/c1-45-12-9-31-34(22-45)33(23-46(2)41(31)53)29-15-37(55-3)35(38(16-29)56-4)24-48-19-27(20-48)18-47-13-10-43(11-14-47)25-49(26-43)30-6-5-28-21-50(42(54)32(28)17-30)36-7-8-39(51)44-40(36)52/h5-6,15-17,23,27,36H,7-14,18-22,24-26H2,1-4H3,(H,44,51,52). The summed E-state index contributed by atoms with van der Waals surface area (Å²) in [6.07, 6.45) is 5.71. The molecule has 0 aliphatic carbocycles. The molecule has 4 fully saturated rings. The van der Waals surface area contributed by atoms with E-state index in [2.05, 4.69) is 50.2 Å². The second kappa shape index (κ2) is 14.3. The van der Waals surface area contributed by atoms with Crippen molar-refractivity contribution < 1.29 is 23.9 Å². The number of carbonyl (C=O) groups excluding carboxylic acids is 3. The van der Waals surface area contributed by atoms with E-state index in [-0.39, 0.29) is 29.7 Å². The molecule has 0 saturated carbocycles. The fourth-order valence-electron chi connectivity index (χ4n) is 10.2. The number of anilines is 1. The van der Waals surface area contributed by atoms with Gasteiger partial charge in [-0.3, -0.25) is 29.4 Å². The van der Waals surface area contributed by atoms with Gasteiger partial charge in [-0.2, -0.15) is 0 Å². The van der Waals surface area contributed by atoms with Crippen LogP contribution >= 0.6 is 0 Å². The van der Waals surface area contributed by atoms with Crippen LogP contribution in [0.5, 0.6) is 11.5 Å². The molecule has 4 saturated heterocycles. The smallest absolute Gasteiger partial charge is 0.255 e. The topological polar surface area (TPSA) is 120 Å². The molecule has 3 aromatic rings. The van der Waals surface area contributed by atoms with E-state index in [1.165, 1.54) is 12.8 Å². The number of rotatable bonds is 9. The zero-order valence-corrected chi connectivity index (χ0v) is 33.1. The molecule has 7 heterocycles. The number of aromatic nitrogens is 1. The van der Waals surface area contributed by atoms with Gasteiger partial charge in [0.1, 0.15) is 17.5 Å². The van der Waals surface area contributed by atoms with Gasteiger partial charge in [-0.05, 0) is 92.7 Å². The number of fused-ring (bicyclic) bond motifs is 2. The highest BCUT2D eigenvalue weighted by atomic mass is 16.5. The summed E-state index contributed by atoms with van der Waals surface area (Å²) in [5, 5.41) is 2.39. The Bertz CT molecular complexity index is 2120. The van der Waals surface area contributed by atoms with E-state index in [1.54, 1.807) is 23.7 Å². The highest BCUT2D eigenvalue weighted by Gasteiger charge is 2.46. The molecule has 1 atom stereocenters. The van der Waals surface area contributed by atoms with Gasteiger partial charge < -0.3 is 33.6 Å². The third-order valence-corrected chi connectivity index (χ3v) is 13.5. The average molecular weight is 764 g/mol. The summed E-state index contributed by atoms with van der Waals surface area (Å²) < 4.78 is 13.7. The lowest BCUT2D eigenvalue weighted by Crippen LogP contribution is -2.61. The van der Waals surface area contributed by atoms with Crippen LogP contribution in [0.1, 0.15) is 58.3 Å². The lowest BCUT2D eigenvalue weighted by Gasteiger charge is -2.55. The third kappa shape index (κ3) is 6.56. The van der Waals surface area contributed by atoms with Crippen LogP contribution in [0.15, 0.2) is 41.3 Å². The van der Waals surface area contributed by atoms with Crippen molar-refractivity contribution in [3.05, 3.63) is 74.7 Å². The number of carbonyl (C=O) groups is 3. The highest BCUT2D eigenvalue weighted by molar-refractivity contribution is 6.05. The molecule has 1 spiro atoms. The molecule has 296 valence electrons. The number of imide groups is 1. The molecule has 56 heavy (non-hydrogen) atoms. The van der Waals surface area contributed by atoms with Gasteiger partial charge in [0.05, 0.1) is 19.8 Å². The molecule has 1 unspecified atom stereocenters. The molecule has 13 heteroatoms. The first-order valence-corrected chi connectivity index (χ1v) is 20.1. The van der Waals surface area contributed by atoms with Crippen LogP contribution < -0.4 is 25.2 Å². The molecule has 6 aliphatic rings. The van der Waals surface area contributed by atoms with E-state index < -0.39 is 6.04 Å². The second-order valence-electron chi connectivity index (χ2n) is 17.2. The number of methoxy groups -OCH3 is 2. The van der Waals surface area contributed by atoms with Crippen molar-refractivity contribution in [2.75, 3.05) is 78.5 Å². The minimum absolute atomic E-state index is 0.0905. The normalized spacial score (nSPS) is 22.8. The van der Waals surface area contributed by atoms with Gasteiger partial charge in [-0.15, -0.1) is 0 Å². The van der Waals surface area contributed by atoms with Crippen molar-refractivity contribution in [3.8, 4) is 22.6 Å². The zero-order chi connectivity index (χ0) is 38.9. The number of hydrogen-bond donors (Lipinski definition) is 1. The summed E-state index contributed by atoms with van der Waals surface area (Å²) in [7, 11) is 7.38. The SMILES string of the molecule is COc1cc(-c2cn(C)c(=O)c3c2CN(C)CC3)cc(OC)c1CN1CC(CN2CCC3(CC2)CN(c2ccc4c(c2)C(=O)N(C2CCC(=O)NC2=O)C4)C3)C1. The van der Waals surface area contributed by atoms with Crippen molar-refractivity contribution in [2.24, 2.45) is 18.4 Å². The van der Waals surface area contributed by atoms with Gasteiger partial charge in [0, 0.05) is 106 Å². The number of aryl methyl sites for hydroxylation is 1.